The summed E-state index contributed by atoms with van der Waals surface area (Å²) in [5.74, 6) is 0. The molecule has 114 valence electrons. The van der Waals surface area contributed by atoms with Crippen molar-refractivity contribution in [2.24, 2.45) is 0 Å². The highest BCUT2D eigenvalue weighted by atomic mass is 32.1. The van der Waals surface area contributed by atoms with Crippen LogP contribution < -0.4 is 5.32 Å². The van der Waals surface area contributed by atoms with Crippen molar-refractivity contribution in [3.63, 3.8) is 0 Å². The zero-order valence-electron chi connectivity index (χ0n) is 12.9. The lowest BCUT2D eigenvalue weighted by molar-refractivity contribution is 0.0389. The molecular formula is C17H24N2OS. The summed E-state index contributed by atoms with van der Waals surface area (Å²) in [5.41, 5.74) is 1.51. The Morgan fingerprint density at radius 2 is 2.05 bits per heavy atom. The van der Waals surface area contributed by atoms with Crippen LogP contribution in [-0.2, 0) is 17.8 Å². The van der Waals surface area contributed by atoms with E-state index in [9.17, 15) is 0 Å². The van der Waals surface area contributed by atoms with E-state index in [1.165, 1.54) is 20.5 Å². The molecule has 0 amide bonds. The zero-order valence-corrected chi connectivity index (χ0v) is 13.7. The molecule has 0 saturated carbocycles. The average Bonchev–Trinajstić information content (AvgIpc) is 2.86. The predicted octanol–water partition coefficient (Wildman–Crippen LogP) is 3.23. The van der Waals surface area contributed by atoms with E-state index in [4.69, 9.17) is 4.74 Å². The first-order valence-electron chi connectivity index (χ1n) is 7.71. The van der Waals surface area contributed by atoms with Crippen molar-refractivity contribution in [3.05, 3.63) is 34.7 Å². The molecule has 1 aromatic carbocycles. The molecule has 1 saturated heterocycles. The topological polar surface area (TPSA) is 24.5 Å². The Kier molecular flexibility index (Phi) is 4.91. The van der Waals surface area contributed by atoms with Crippen molar-refractivity contribution in [3.8, 4) is 0 Å². The fourth-order valence-electron chi connectivity index (χ4n) is 3.15. The molecule has 4 heteroatoms. The highest BCUT2D eigenvalue weighted by Gasteiger charge is 2.21. The van der Waals surface area contributed by atoms with Crippen molar-refractivity contribution >= 4 is 21.4 Å². The minimum Gasteiger partial charge on any atom is -0.381 e. The summed E-state index contributed by atoms with van der Waals surface area (Å²) in [6.07, 6.45) is 2.76. The van der Waals surface area contributed by atoms with Crippen LogP contribution in [0.2, 0.25) is 0 Å². The molecule has 1 aliphatic rings. The summed E-state index contributed by atoms with van der Waals surface area (Å²) >= 11 is 1.93. The third-order valence-corrected chi connectivity index (χ3v) is 5.58. The molecule has 1 aliphatic heterocycles. The number of nitrogens with zero attached hydrogens (tertiary/aromatic N) is 1. The Balaban J connectivity index is 1.80. The Bertz CT molecular complexity index is 587. The number of hydrogen-bond donors (Lipinski definition) is 1. The number of nitrogens with one attached hydrogen (secondary N) is 1. The van der Waals surface area contributed by atoms with Crippen LogP contribution in [0, 0.1) is 0 Å². The number of hydrogen-bond acceptors (Lipinski definition) is 4. The van der Waals surface area contributed by atoms with Gasteiger partial charge < -0.3 is 10.1 Å². The molecule has 1 N–H and O–H groups in total. The summed E-state index contributed by atoms with van der Waals surface area (Å²) in [4.78, 5) is 4.05. The van der Waals surface area contributed by atoms with Gasteiger partial charge in [-0.05, 0) is 36.9 Å². The smallest absolute Gasteiger partial charge is 0.0595 e. The molecule has 0 unspecified atom stereocenters. The highest BCUT2D eigenvalue weighted by Crippen LogP contribution is 2.32. The molecule has 1 fully saturated rings. The first-order chi connectivity index (χ1) is 10.3. The van der Waals surface area contributed by atoms with E-state index in [-0.39, 0.29) is 0 Å². The van der Waals surface area contributed by atoms with E-state index < -0.39 is 0 Å². The summed E-state index contributed by atoms with van der Waals surface area (Å²) in [6, 6.07) is 8.79. The van der Waals surface area contributed by atoms with Crippen molar-refractivity contribution < 1.29 is 4.74 Å². The molecule has 3 nitrogen and oxygen atoms in total. The zero-order chi connectivity index (χ0) is 14.7. The van der Waals surface area contributed by atoms with Crippen molar-refractivity contribution in [1.82, 2.24) is 10.2 Å². The summed E-state index contributed by atoms with van der Waals surface area (Å²) in [6.45, 7) is 4.31. The molecular weight excluding hydrogens is 280 g/mol. The minimum absolute atomic E-state index is 0.456. The van der Waals surface area contributed by atoms with Gasteiger partial charge in [-0.25, -0.2) is 0 Å². The molecule has 0 spiro atoms. The number of fused-ring (bicyclic) bond motifs is 1. The van der Waals surface area contributed by atoms with Crippen molar-refractivity contribution in [2.75, 3.05) is 27.2 Å². The summed E-state index contributed by atoms with van der Waals surface area (Å²) in [7, 11) is 3.86. The maximum absolute atomic E-state index is 5.47. The fraction of sp³-hybridized carbons (Fsp3) is 0.529. The lowest BCUT2D eigenvalue weighted by atomic mass is 10.1. The summed E-state index contributed by atoms with van der Waals surface area (Å²) in [5, 5.41) is 4.74. The van der Waals surface area contributed by atoms with Gasteiger partial charge in [0, 0.05) is 42.9 Å². The Hall–Kier alpha value is -0.940. The van der Waals surface area contributed by atoms with E-state index in [0.717, 1.165) is 39.0 Å². The number of ether oxygens (including phenoxy) is 1. The quantitative estimate of drug-likeness (QED) is 0.918. The third-order valence-electron chi connectivity index (χ3n) is 4.37. The third kappa shape index (κ3) is 3.29. The van der Waals surface area contributed by atoms with Gasteiger partial charge in [-0.3, -0.25) is 4.90 Å². The van der Waals surface area contributed by atoms with Crippen LogP contribution in [0.3, 0.4) is 0 Å². The van der Waals surface area contributed by atoms with Crippen LogP contribution in [-0.4, -0.2) is 38.3 Å². The van der Waals surface area contributed by atoms with E-state index in [0.29, 0.717) is 6.10 Å². The van der Waals surface area contributed by atoms with Crippen LogP contribution >= 0.6 is 11.3 Å². The maximum Gasteiger partial charge on any atom is 0.0595 e. The van der Waals surface area contributed by atoms with Gasteiger partial charge >= 0.3 is 0 Å². The first-order valence-corrected chi connectivity index (χ1v) is 8.52. The lowest BCUT2D eigenvalue weighted by Gasteiger charge is -2.31. The Morgan fingerprint density at radius 3 is 2.76 bits per heavy atom. The Morgan fingerprint density at radius 1 is 1.29 bits per heavy atom. The van der Waals surface area contributed by atoms with Crippen LogP contribution in [0.5, 0.6) is 0 Å². The van der Waals surface area contributed by atoms with Crippen LogP contribution in [0.25, 0.3) is 10.1 Å². The van der Waals surface area contributed by atoms with Crippen molar-refractivity contribution in [2.45, 2.75) is 32.0 Å². The minimum atomic E-state index is 0.456. The van der Waals surface area contributed by atoms with Gasteiger partial charge in [0.05, 0.1) is 6.10 Å². The molecule has 0 bridgehead atoms. The van der Waals surface area contributed by atoms with E-state index >= 15 is 0 Å². The van der Waals surface area contributed by atoms with Gasteiger partial charge in [-0.15, -0.1) is 11.3 Å². The second-order valence-corrected chi connectivity index (χ2v) is 6.88. The molecule has 2 aromatic rings. The SMILES string of the molecule is CNCc1sc2ccccc2c1CN1CCC(OC)CC1. The van der Waals surface area contributed by atoms with Crippen LogP contribution in [0.1, 0.15) is 23.3 Å². The number of methoxy groups -OCH3 is 1. The number of benzene rings is 1. The number of likely N-dealkylation sites (tertiary alicyclic amines) is 1. The van der Waals surface area contributed by atoms with Gasteiger partial charge in [-0.2, -0.15) is 0 Å². The number of rotatable bonds is 5. The van der Waals surface area contributed by atoms with E-state index in [1.807, 2.05) is 25.5 Å². The lowest BCUT2D eigenvalue weighted by Crippen LogP contribution is -2.36. The largest absolute Gasteiger partial charge is 0.381 e. The van der Waals surface area contributed by atoms with Crippen LogP contribution in [0.15, 0.2) is 24.3 Å². The summed E-state index contributed by atoms with van der Waals surface area (Å²) < 4.78 is 6.88. The van der Waals surface area contributed by atoms with E-state index in [1.54, 1.807) is 0 Å². The first kappa shape index (κ1) is 15.0. The molecule has 3 rings (SSSR count). The normalized spacial score (nSPS) is 17.6. The maximum atomic E-state index is 5.47. The predicted molar refractivity (Wildman–Crippen MR) is 89.9 cm³/mol. The van der Waals surface area contributed by atoms with Gasteiger partial charge in [0.25, 0.3) is 0 Å². The molecule has 2 heterocycles. The molecule has 0 aliphatic carbocycles. The second-order valence-electron chi connectivity index (χ2n) is 5.74. The molecule has 21 heavy (non-hydrogen) atoms. The van der Waals surface area contributed by atoms with Crippen LogP contribution in [0.4, 0.5) is 0 Å². The van der Waals surface area contributed by atoms with Gasteiger partial charge in [0.15, 0.2) is 0 Å². The number of piperidine rings is 1. The van der Waals surface area contributed by atoms with Gasteiger partial charge in [0.1, 0.15) is 0 Å². The monoisotopic (exact) mass is 304 g/mol. The second kappa shape index (κ2) is 6.88. The Labute approximate surface area is 130 Å². The average molecular weight is 304 g/mol. The van der Waals surface area contributed by atoms with E-state index in [2.05, 4.69) is 34.5 Å². The highest BCUT2D eigenvalue weighted by molar-refractivity contribution is 7.19. The number of thiophene rings is 1. The standard InChI is InChI=1S/C17H24N2OS/c1-18-11-17-15(14-5-3-4-6-16(14)21-17)12-19-9-7-13(20-2)8-10-19/h3-6,13,18H,7-12H2,1-2H3. The molecule has 0 radical (unpaired) electrons. The molecule has 1 aromatic heterocycles. The van der Waals surface area contributed by atoms with Crippen molar-refractivity contribution in [1.29, 1.82) is 0 Å². The fourth-order valence-corrected chi connectivity index (χ4v) is 4.38. The van der Waals surface area contributed by atoms with Gasteiger partial charge in [-0.1, -0.05) is 18.2 Å². The van der Waals surface area contributed by atoms with Gasteiger partial charge in [0.2, 0.25) is 0 Å². The molecule has 0 atom stereocenters.